The second-order valence-electron chi connectivity index (χ2n) is 6.58. The Labute approximate surface area is 187 Å². The van der Waals surface area contributed by atoms with Crippen LogP contribution in [0.5, 0.6) is 0 Å². The molecule has 7 heteroatoms. The molecule has 0 fully saturated rings. The van der Waals surface area contributed by atoms with Crippen molar-refractivity contribution in [1.82, 2.24) is 10.2 Å². The lowest BCUT2D eigenvalue weighted by Crippen LogP contribution is -2.48. The molecule has 2 aromatic rings. The highest BCUT2D eigenvalue weighted by Crippen LogP contribution is 2.24. The van der Waals surface area contributed by atoms with E-state index in [0.717, 1.165) is 11.3 Å². The Hall–Kier alpha value is -1.69. The maximum atomic E-state index is 13.0. The molecule has 29 heavy (non-hydrogen) atoms. The van der Waals surface area contributed by atoms with Gasteiger partial charge in [0.2, 0.25) is 11.8 Å². The number of amides is 2. The standard InChI is InChI=1S/C22H26Cl2N2O2S/c1-3-20(22(28)25-2)26(14-17-9-10-18(23)13-19(17)24)21(27)11-12-29-15-16-7-5-4-6-8-16/h4-10,13,20H,3,11-12,14-15H2,1-2H3,(H,25,28)/t20-/m0/s1. The summed E-state index contributed by atoms with van der Waals surface area (Å²) in [7, 11) is 1.58. The van der Waals surface area contributed by atoms with Gasteiger partial charge in [0.15, 0.2) is 0 Å². The van der Waals surface area contributed by atoms with Gasteiger partial charge in [-0.2, -0.15) is 11.8 Å². The van der Waals surface area contributed by atoms with E-state index in [2.05, 4.69) is 17.4 Å². The molecule has 0 spiro atoms. The second kappa shape index (κ2) is 12.1. The first-order valence-electron chi connectivity index (χ1n) is 9.53. The van der Waals surface area contributed by atoms with Crippen LogP contribution in [-0.2, 0) is 21.9 Å². The monoisotopic (exact) mass is 452 g/mol. The molecular formula is C22H26Cl2N2O2S. The van der Waals surface area contributed by atoms with Crippen molar-refractivity contribution in [3.05, 3.63) is 69.7 Å². The van der Waals surface area contributed by atoms with E-state index in [1.54, 1.807) is 41.9 Å². The van der Waals surface area contributed by atoms with Crippen LogP contribution in [0.3, 0.4) is 0 Å². The number of benzene rings is 2. The number of nitrogens with one attached hydrogen (secondary N) is 1. The Morgan fingerprint density at radius 3 is 2.48 bits per heavy atom. The summed E-state index contributed by atoms with van der Waals surface area (Å²) in [5.41, 5.74) is 2.00. The largest absolute Gasteiger partial charge is 0.357 e. The zero-order chi connectivity index (χ0) is 21.2. The van der Waals surface area contributed by atoms with Crippen LogP contribution < -0.4 is 5.32 Å². The van der Waals surface area contributed by atoms with Crippen LogP contribution in [0, 0.1) is 0 Å². The van der Waals surface area contributed by atoms with E-state index in [0.29, 0.717) is 28.6 Å². The quantitative estimate of drug-likeness (QED) is 0.505. The molecule has 0 aliphatic heterocycles. The predicted molar refractivity (Wildman–Crippen MR) is 122 cm³/mol. The third-order valence-corrected chi connectivity index (χ3v) is 6.18. The van der Waals surface area contributed by atoms with Crippen molar-refractivity contribution in [2.75, 3.05) is 12.8 Å². The summed E-state index contributed by atoms with van der Waals surface area (Å²) >= 11 is 14.0. The zero-order valence-corrected chi connectivity index (χ0v) is 19.0. The lowest BCUT2D eigenvalue weighted by atomic mass is 10.1. The Balaban J connectivity index is 2.06. The minimum Gasteiger partial charge on any atom is -0.357 e. The molecule has 0 saturated carbocycles. The number of rotatable bonds is 10. The van der Waals surface area contributed by atoms with Gasteiger partial charge in [0.25, 0.3) is 0 Å². The first-order chi connectivity index (χ1) is 14.0. The van der Waals surface area contributed by atoms with Gasteiger partial charge in [0.05, 0.1) is 0 Å². The topological polar surface area (TPSA) is 49.4 Å². The van der Waals surface area contributed by atoms with Gasteiger partial charge in [-0.25, -0.2) is 0 Å². The molecular weight excluding hydrogens is 427 g/mol. The van der Waals surface area contributed by atoms with Crippen LogP contribution in [0.25, 0.3) is 0 Å². The summed E-state index contributed by atoms with van der Waals surface area (Å²) < 4.78 is 0. The molecule has 2 rings (SSSR count). The van der Waals surface area contributed by atoms with E-state index in [9.17, 15) is 9.59 Å². The van der Waals surface area contributed by atoms with Gasteiger partial charge in [-0.3, -0.25) is 9.59 Å². The van der Waals surface area contributed by atoms with Gasteiger partial charge in [-0.05, 0) is 29.7 Å². The van der Waals surface area contributed by atoms with Crippen LogP contribution in [0.2, 0.25) is 10.0 Å². The summed E-state index contributed by atoms with van der Waals surface area (Å²) in [6.45, 7) is 2.16. The van der Waals surface area contributed by atoms with Gasteiger partial charge in [0, 0.05) is 41.6 Å². The molecule has 2 aromatic carbocycles. The summed E-state index contributed by atoms with van der Waals surface area (Å²) in [5.74, 6) is 1.29. The summed E-state index contributed by atoms with van der Waals surface area (Å²) in [5, 5.41) is 3.68. The fourth-order valence-corrected chi connectivity index (χ4v) is 4.35. The van der Waals surface area contributed by atoms with E-state index < -0.39 is 6.04 Å². The summed E-state index contributed by atoms with van der Waals surface area (Å²) in [4.78, 5) is 27.0. The number of halogens is 2. The fraction of sp³-hybridized carbons (Fsp3) is 0.364. The lowest BCUT2D eigenvalue weighted by molar-refractivity contribution is -0.140. The van der Waals surface area contributed by atoms with E-state index in [1.165, 1.54) is 5.56 Å². The first-order valence-corrected chi connectivity index (χ1v) is 11.4. The molecule has 0 radical (unpaired) electrons. The fourth-order valence-electron chi connectivity index (χ4n) is 2.99. The minimum atomic E-state index is -0.543. The molecule has 0 aliphatic carbocycles. The Bertz CT molecular complexity index is 818. The first kappa shape index (κ1) is 23.6. The van der Waals surface area contributed by atoms with Crippen molar-refractivity contribution in [2.45, 2.75) is 38.1 Å². The third kappa shape index (κ3) is 7.25. The van der Waals surface area contributed by atoms with Crippen molar-refractivity contribution in [1.29, 1.82) is 0 Å². The van der Waals surface area contributed by atoms with Crippen LogP contribution in [0.15, 0.2) is 48.5 Å². The number of hydrogen-bond acceptors (Lipinski definition) is 3. The lowest BCUT2D eigenvalue weighted by Gasteiger charge is -2.30. The average molecular weight is 453 g/mol. The maximum absolute atomic E-state index is 13.0. The number of hydrogen-bond donors (Lipinski definition) is 1. The molecule has 0 unspecified atom stereocenters. The number of thioether (sulfide) groups is 1. The molecule has 0 heterocycles. The Morgan fingerprint density at radius 1 is 1.14 bits per heavy atom. The SMILES string of the molecule is CC[C@@H](C(=O)NC)N(Cc1ccc(Cl)cc1Cl)C(=O)CCSCc1ccccc1. The molecule has 1 N–H and O–H groups in total. The smallest absolute Gasteiger partial charge is 0.242 e. The minimum absolute atomic E-state index is 0.0629. The van der Waals surface area contributed by atoms with Gasteiger partial charge < -0.3 is 10.2 Å². The van der Waals surface area contributed by atoms with Crippen LogP contribution >= 0.6 is 35.0 Å². The summed E-state index contributed by atoms with van der Waals surface area (Å²) in [6.07, 6.45) is 0.879. The summed E-state index contributed by atoms with van der Waals surface area (Å²) in [6, 6.07) is 14.8. The van der Waals surface area contributed by atoms with E-state index in [4.69, 9.17) is 23.2 Å². The Kier molecular flexibility index (Phi) is 9.85. The van der Waals surface area contributed by atoms with Crippen LogP contribution in [-0.4, -0.2) is 35.6 Å². The van der Waals surface area contributed by atoms with E-state index in [-0.39, 0.29) is 18.4 Å². The van der Waals surface area contributed by atoms with Gasteiger partial charge in [-0.1, -0.05) is 66.5 Å². The highest BCUT2D eigenvalue weighted by Gasteiger charge is 2.28. The maximum Gasteiger partial charge on any atom is 0.242 e. The number of carbonyl (C=O) groups excluding carboxylic acids is 2. The van der Waals surface area contributed by atoms with Crippen molar-refractivity contribution in [3.8, 4) is 0 Å². The molecule has 1 atom stereocenters. The zero-order valence-electron chi connectivity index (χ0n) is 16.7. The van der Waals surface area contributed by atoms with Crippen molar-refractivity contribution in [3.63, 3.8) is 0 Å². The molecule has 4 nitrogen and oxygen atoms in total. The van der Waals surface area contributed by atoms with Crippen molar-refractivity contribution < 1.29 is 9.59 Å². The normalized spacial score (nSPS) is 11.7. The highest BCUT2D eigenvalue weighted by atomic mass is 35.5. The van der Waals surface area contributed by atoms with Crippen LogP contribution in [0.4, 0.5) is 0 Å². The highest BCUT2D eigenvalue weighted by molar-refractivity contribution is 7.98. The van der Waals surface area contributed by atoms with Gasteiger partial charge in [0.1, 0.15) is 6.04 Å². The second-order valence-corrected chi connectivity index (χ2v) is 8.53. The van der Waals surface area contributed by atoms with Crippen molar-refractivity contribution in [2.24, 2.45) is 0 Å². The number of nitrogens with zero attached hydrogens (tertiary/aromatic N) is 1. The average Bonchev–Trinajstić information content (AvgIpc) is 2.72. The Morgan fingerprint density at radius 2 is 1.86 bits per heavy atom. The van der Waals surface area contributed by atoms with E-state index >= 15 is 0 Å². The van der Waals surface area contributed by atoms with Gasteiger partial charge in [-0.15, -0.1) is 0 Å². The van der Waals surface area contributed by atoms with Gasteiger partial charge >= 0.3 is 0 Å². The third-order valence-electron chi connectivity index (χ3n) is 4.56. The molecule has 0 saturated heterocycles. The predicted octanol–water partition coefficient (Wildman–Crippen LogP) is 5.17. The molecule has 156 valence electrons. The molecule has 0 aliphatic rings. The number of likely N-dealkylation sites (N-methyl/N-ethyl adjacent to an activating group) is 1. The molecule has 2 amide bonds. The number of carbonyl (C=O) groups is 2. The molecule has 0 bridgehead atoms. The van der Waals surface area contributed by atoms with Crippen LogP contribution in [0.1, 0.15) is 30.9 Å². The molecule has 0 aromatic heterocycles. The van der Waals surface area contributed by atoms with Crippen molar-refractivity contribution >= 4 is 46.8 Å². The van der Waals surface area contributed by atoms with E-state index in [1.807, 2.05) is 25.1 Å².